The maximum Gasteiger partial charge on any atom is 0.133 e. The average Bonchev–Trinajstić information content (AvgIpc) is 2.53. The van der Waals surface area contributed by atoms with Gasteiger partial charge >= 0.3 is 0 Å². The van der Waals surface area contributed by atoms with Gasteiger partial charge in [0.05, 0.1) is 0 Å². The van der Waals surface area contributed by atoms with Crippen LogP contribution in [0.1, 0.15) is 30.7 Å². The standard InChI is InChI=1S/C17H21ClN2/c1-4-13-6-8-16(9-7-13)20(3)17-11-14(12-18)10-15(5-2)19-17/h6-11H,4-5,12H2,1-3H3. The summed E-state index contributed by atoms with van der Waals surface area (Å²) in [4.78, 5) is 6.79. The highest BCUT2D eigenvalue weighted by Crippen LogP contribution is 2.24. The van der Waals surface area contributed by atoms with Gasteiger partial charge < -0.3 is 4.90 Å². The van der Waals surface area contributed by atoms with E-state index in [4.69, 9.17) is 11.6 Å². The number of rotatable bonds is 5. The molecule has 0 atom stereocenters. The molecule has 2 rings (SSSR count). The van der Waals surface area contributed by atoms with Crippen LogP contribution in [0.4, 0.5) is 11.5 Å². The molecule has 0 aliphatic rings. The van der Waals surface area contributed by atoms with Crippen molar-refractivity contribution < 1.29 is 0 Å². The Balaban J connectivity index is 2.33. The predicted molar refractivity (Wildman–Crippen MR) is 87.1 cm³/mol. The number of nitrogens with zero attached hydrogens (tertiary/aromatic N) is 2. The zero-order valence-corrected chi connectivity index (χ0v) is 13.1. The first-order chi connectivity index (χ1) is 9.67. The van der Waals surface area contributed by atoms with Gasteiger partial charge in [0.2, 0.25) is 0 Å². The van der Waals surface area contributed by atoms with Crippen LogP contribution in [0.25, 0.3) is 0 Å². The van der Waals surface area contributed by atoms with Gasteiger partial charge in [0.25, 0.3) is 0 Å². The molecule has 0 aliphatic carbocycles. The molecule has 0 saturated carbocycles. The minimum atomic E-state index is 0.519. The van der Waals surface area contributed by atoms with E-state index in [2.05, 4.69) is 60.1 Å². The summed E-state index contributed by atoms with van der Waals surface area (Å²) in [6.45, 7) is 4.28. The van der Waals surface area contributed by atoms with Gasteiger partial charge in [0, 0.05) is 24.3 Å². The normalized spacial score (nSPS) is 10.6. The summed E-state index contributed by atoms with van der Waals surface area (Å²) in [5.41, 5.74) is 4.68. The number of halogens is 1. The smallest absolute Gasteiger partial charge is 0.133 e. The van der Waals surface area contributed by atoms with Gasteiger partial charge in [-0.25, -0.2) is 4.98 Å². The van der Waals surface area contributed by atoms with Crippen molar-refractivity contribution in [2.75, 3.05) is 11.9 Å². The van der Waals surface area contributed by atoms with Gasteiger partial charge in [-0.2, -0.15) is 0 Å². The molecule has 0 fully saturated rings. The minimum absolute atomic E-state index is 0.519. The Hall–Kier alpha value is -1.54. The lowest BCUT2D eigenvalue weighted by atomic mass is 10.1. The second-order valence-electron chi connectivity index (χ2n) is 4.89. The molecule has 1 heterocycles. The fourth-order valence-corrected chi connectivity index (χ4v) is 2.31. The van der Waals surface area contributed by atoms with Crippen LogP contribution in [0.15, 0.2) is 36.4 Å². The van der Waals surface area contributed by atoms with Crippen LogP contribution in [-0.4, -0.2) is 12.0 Å². The summed E-state index contributed by atoms with van der Waals surface area (Å²) in [7, 11) is 2.04. The van der Waals surface area contributed by atoms with Gasteiger partial charge in [0.15, 0.2) is 0 Å². The van der Waals surface area contributed by atoms with Crippen molar-refractivity contribution in [3.05, 3.63) is 53.2 Å². The number of pyridine rings is 1. The predicted octanol–water partition coefficient (Wildman–Crippen LogP) is 4.71. The monoisotopic (exact) mass is 288 g/mol. The molecule has 1 aromatic heterocycles. The molecule has 0 radical (unpaired) electrons. The molecular formula is C17H21ClN2. The van der Waals surface area contributed by atoms with Crippen molar-refractivity contribution in [2.45, 2.75) is 32.6 Å². The highest BCUT2D eigenvalue weighted by Gasteiger charge is 2.08. The Morgan fingerprint density at radius 3 is 2.25 bits per heavy atom. The summed E-state index contributed by atoms with van der Waals surface area (Å²) < 4.78 is 0. The second-order valence-corrected chi connectivity index (χ2v) is 5.16. The highest BCUT2D eigenvalue weighted by atomic mass is 35.5. The molecule has 0 N–H and O–H groups in total. The van der Waals surface area contributed by atoms with Crippen molar-refractivity contribution in [3.8, 4) is 0 Å². The van der Waals surface area contributed by atoms with E-state index in [0.29, 0.717) is 5.88 Å². The number of aromatic nitrogens is 1. The fourth-order valence-electron chi connectivity index (χ4n) is 2.15. The number of hydrogen-bond acceptors (Lipinski definition) is 2. The van der Waals surface area contributed by atoms with Crippen molar-refractivity contribution in [2.24, 2.45) is 0 Å². The number of alkyl halides is 1. The zero-order valence-electron chi connectivity index (χ0n) is 12.4. The maximum atomic E-state index is 5.97. The Kier molecular flexibility index (Phi) is 5.02. The maximum absolute atomic E-state index is 5.97. The molecule has 20 heavy (non-hydrogen) atoms. The second kappa shape index (κ2) is 6.76. The third-order valence-corrected chi connectivity index (χ3v) is 3.83. The summed E-state index contributed by atoms with van der Waals surface area (Å²) >= 11 is 5.97. The lowest BCUT2D eigenvalue weighted by molar-refractivity contribution is 0.997. The molecule has 3 heteroatoms. The molecule has 2 aromatic rings. The molecule has 2 nitrogen and oxygen atoms in total. The van der Waals surface area contributed by atoms with E-state index in [1.54, 1.807) is 0 Å². The molecule has 0 aliphatic heterocycles. The topological polar surface area (TPSA) is 16.1 Å². The first-order valence-corrected chi connectivity index (χ1v) is 7.59. The number of aryl methyl sites for hydroxylation is 2. The first-order valence-electron chi connectivity index (χ1n) is 7.06. The Morgan fingerprint density at radius 1 is 1.00 bits per heavy atom. The van der Waals surface area contributed by atoms with Crippen molar-refractivity contribution in [1.82, 2.24) is 4.98 Å². The lowest BCUT2D eigenvalue weighted by Crippen LogP contribution is -2.12. The van der Waals surface area contributed by atoms with E-state index in [0.717, 1.165) is 35.6 Å². The van der Waals surface area contributed by atoms with Crippen LogP contribution in [0.2, 0.25) is 0 Å². The summed E-state index contributed by atoms with van der Waals surface area (Å²) in [6.07, 6.45) is 1.98. The molecule has 0 bridgehead atoms. The van der Waals surface area contributed by atoms with Crippen LogP contribution in [0.5, 0.6) is 0 Å². The molecule has 1 aromatic carbocycles. The van der Waals surface area contributed by atoms with Gasteiger partial charge in [0.1, 0.15) is 5.82 Å². The fraction of sp³-hybridized carbons (Fsp3) is 0.353. The van der Waals surface area contributed by atoms with Crippen LogP contribution >= 0.6 is 11.6 Å². The number of benzene rings is 1. The van der Waals surface area contributed by atoms with Gasteiger partial charge in [-0.1, -0.05) is 26.0 Å². The SMILES string of the molecule is CCc1ccc(N(C)c2cc(CCl)cc(CC)n2)cc1. The van der Waals surface area contributed by atoms with Crippen molar-refractivity contribution in [3.63, 3.8) is 0 Å². The first kappa shape index (κ1) is 14.9. The Morgan fingerprint density at radius 2 is 1.70 bits per heavy atom. The molecule has 0 unspecified atom stereocenters. The van der Waals surface area contributed by atoms with Crippen LogP contribution in [0.3, 0.4) is 0 Å². The van der Waals surface area contributed by atoms with E-state index >= 15 is 0 Å². The lowest BCUT2D eigenvalue weighted by Gasteiger charge is -2.20. The molecule has 0 saturated heterocycles. The zero-order chi connectivity index (χ0) is 14.5. The number of anilines is 2. The highest BCUT2D eigenvalue weighted by molar-refractivity contribution is 6.17. The molecule has 0 spiro atoms. The number of hydrogen-bond donors (Lipinski definition) is 0. The quantitative estimate of drug-likeness (QED) is 0.741. The third kappa shape index (κ3) is 3.31. The molecule has 106 valence electrons. The third-order valence-electron chi connectivity index (χ3n) is 3.52. The van der Waals surface area contributed by atoms with E-state index in [-0.39, 0.29) is 0 Å². The van der Waals surface area contributed by atoms with Crippen LogP contribution in [-0.2, 0) is 18.7 Å². The Bertz CT molecular complexity index is 541. The largest absolute Gasteiger partial charge is 0.329 e. The summed E-state index contributed by atoms with van der Waals surface area (Å²) in [5.74, 6) is 1.47. The van der Waals surface area contributed by atoms with Crippen molar-refractivity contribution in [1.29, 1.82) is 0 Å². The summed E-state index contributed by atoms with van der Waals surface area (Å²) in [5, 5.41) is 0. The average molecular weight is 289 g/mol. The Labute approximate surface area is 126 Å². The minimum Gasteiger partial charge on any atom is -0.329 e. The molecule has 0 amide bonds. The van der Waals surface area contributed by atoms with Crippen molar-refractivity contribution >= 4 is 23.1 Å². The van der Waals surface area contributed by atoms with Gasteiger partial charge in [-0.3, -0.25) is 0 Å². The van der Waals surface area contributed by atoms with E-state index in [1.165, 1.54) is 5.56 Å². The van der Waals surface area contributed by atoms with Crippen LogP contribution in [0, 0.1) is 0 Å². The van der Waals surface area contributed by atoms with Gasteiger partial charge in [-0.05, 0) is 48.2 Å². The van der Waals surface area contributed by atoms with Gasteiger partial charge in [-0.15, -0.1) is 11.6 Å². The van der Waals surface area contributed by atoms with E-state index in [9.17, 15) is 0 Å². The summed E-state index contributed by atoms with van der Waals surface area (Å²) in [6, 6.07) is 12.7. The van der Waals surface area contributed by atoms with Crippen LogP contribution < -0.4 is 4.90 Å². The molecular weight excluding hydrogens is 268 g/mol. The van der Waals surface area contributed by atoms with E-state index in [1.807, 2.05) is 7.05 Å². The van der Waals surface area contributed by atoms with E-state index < -0.39 is 0 Å².